The van der Waals surface area contributed by atoms with Gasteiger partial charge in [0.2, 0.25) is 12.2 Å². The number of pyridine rings is 1. The molecule has 2 heterocycles. The van der Waals surface area contributed by atoms with Crippen molar-refractivity contribution >= 4 is 23.1 Å². The second-order valence-electron chi connectivity index (χ2n) is 4.30. The molecule has 0 amide bonds. The van der Waals surface area contributed by atoms with E-state index in [1.54, 1.807) is 0 Å². The van der Waals surface area contributed by atoms with E-state index in [1.165, 1.54) is 17.2 Å². The summed E-state index contributed by atoms with van der Waals surface area (Å²) in [7, 11) is 0. The Bertz CT molecular complexity index is 504. The number of hydrogen-bond acceptors (Lipinski definition) is 5. The molecule has 0 saturated carbocycles. The number of aromatic nitrogens is 1. The number of anilines is 1. The molecule has 110 valence electrons. The van der Waals surface area contributed by atoms with Gasteiger partial charge in [0.05, 0.1) is 29.2 Å². The quantitative estimate of drug-likeness (QED) is 0.631. The van der Waals surface area contributed by atoms with Gasteiger partial charge in [0.15, 0.2) is 0 Å². The zero-order valence-corrected chi connectivity index (χ0v) is 11.1. The molecular formula is C11H12ClF2N3O3. The molecule has 1 aliphatic rings. The molecule has 20 heavy (non-hydrogen) atoms. The van der Waals surface area contributed by atoms with Gasteiger partial charge in [-0.25, -0.2) is 13.8 Å². The van der Waals surface area contributed by atoms with E-state index < -0.39 is 23.8 Å². The lowest BCUT2D eigenvalue weighted by atomic mass is 10.1. The largest absolute Gasteiger partial charge is 0.377 e. The van der Waals surface area contributed by atoms with Gasteiger partial charge in [-0.1, -0.05) is 11.6 Å². The second kappa shape index (κ2) is 6.27. The van der Waals surface area contributed by atoms with Crippen LogP contribution < -0.4 is 4.90 Å². The number of halogens is 3. The molecule has 6 nitrogen and oxygen atoms in total. The molecule has 2 rings (SSSR count). The normalized spacial score (nSPS) is 19.4. The van der Waals surface area contributed by atoms with Crippen LogP contribution in [0.5, 0.6) is 0 Å². The summed E-state index contributed by atoms with van der Waals surface area (Å²) in [6.45, 7) is 0.667. The molecule has 0 aromatic carbocycles. The first kappa shape index (κ1) is 14.9. The molecule has 1 fully saturated rings. The third kappa shape index (κ3) is 3.31. The third-order valence-corrected chi connectivity index (χ3v) is 3.17. The lowest BCUT2D eigenvalue weighted by molar-refractivity contribution is -0.384. The van der Waals surface area contributed by atoms with Crippen LogP contribution in [0.25, 0.3) is 0 Å². The lowest BCUT2D eigenvalue weighted by Gasteiger charge is -2.35. The van der Waals surface area contributed by atoms with Crippen molar-refractivity contribution in [3.05, 3.63) is 27.4 Å². The standard InChI is InChI=1S/C11H12ClF2N3O3/c12-7-3-9(17(18)19)11(15-5-7)16-1-2-20-6-8(16)4-10(13)14/h3,5,8,10H,1-2,4,6H2. The van der Waals surface area contributed by atoms with E-state index in [4.69, 9.17) is 16.3 Å². The van der Waals surface area contributed by atoms with Crippen LogP contribution in [-0.2, 0) is 4.74 Å². The van der Waals surface area contributed by atoms with Gasteiger partial charge < -0.3 is 9.64 Å². The summed E-state index contributed by atoms with van der Waals surface area (Å²) >= 11 is 5.69. The molecule has 0 bridgehead atoms. The summed E-state index contributed by atoms with van der Waals surface area (Å²) in [5.74, 6) is 0.0494. The number of hydrogen-bond donors (Lipinski definition) is 0. The van der Waals surface area contributed by atoms with E-state index in [0.717, 1.165) is 0 Å². The Kier molecular flexibility index (Phi) is 4.66. The highest BCUT2D eigenvalue weighted by Crippen LogP contribution is 2.31. The minimum absolute atomic E-state index is 0.0494. The first-order valence-electron chi connectivity index (χ1n) is 5.91. The summed E-state index contributed by atoms with van der Waals surface area (Å²) < 4.78 is 30.3. The number of alkyl halides is 2. The minimum atomic E-state index is -2.52. The average molecular weight is 308 g/mol. The highest BCUT2D eigenvalue weighted by atomic mass is 35.5. The van der Waals surface area contributed by atoms with Crippen LogP contribution in [0.2, 0.25) is 5.02 Å². The third-order valence-electron chi connectivity index (χ3n) is 2.96. The summed E-state index contributed by atoms with van der Waals surface area (Å²) in [6, 6.07) is 0.523. The van der Waals surface area contributed by atoms with E-state index in [2.05, 4.69) is 4.98 Å². The fourth-order valence-electron chi connectivity index (χ4n) is 2.11. The molecule has 0 spiro atoms. The van der Waals surface area contributed by atoms with Gasteiger partial charge in [-0.2, -0.15) is 0 Å². The maximum Gasteiger partial charge on any atom is 0.313 e. The van der Waals surface area contributed by atoms with Crippen LogP contribution in [0.4, 0.5) is 20.3 Å². The van der Waals surface area contributed by atoms with E-state index in [9.17, 15) is 18.9 Å². The first-order valence-corrected chi connectivity index (χ1v) is 6.29. The Balaban J connectivity index is 2.34. The highest BCUT2D eigenvalue weighted by molar-refractivity contribution is 6.30. The summed E-state index contributed by atoms with van der Waals surface area (Å²) in [5, 5.41) is 11.2. The van der Waals surface area contributed by atoms with Gasteiger partial charge in [-0.3, -0.25) is 10.1 Å². The number of morpholine rings is 1. The molecule has 1 saturated heterocycles. The maximum atomic E-state index is 12.6. The molecule has 1 aliphatic heterocycles. The van der Waals surface area contributed by atoms with Crippen molar-refractivity contribution < 1.29 is 18.4 Å². The van der Waals surface area contributed by atoms with E-state index in [-0.39, 0.29) is 29.7 Å². The zero-order valence-electron chi connectivity index (χ0n) is 10.3. The molecule has 1 aromatic heterocycles. The molecule has 9 heteroatoms. The van der Waals surface area contributed by atoms with E-state index in [0.29, 0.717) is 6.61 Å². The minimum Gasteiger partial charge on any atom is -0.377 e. The topological polar surface area (TPSA) is 68.5 Å². The van der Waals surface area contributed by atoms with Gasteiger partial charge in [-0.15, -0.1) is 0 Å². The SMILES string of the molecule is O=[N+]([O-])c1cc(Cl)cnc1N1CCOCC1CC(F)F. The molecule has 0 radical (unpaired) electrons. The molecule has 0 aliphatic carbocycles. The van der Waals surface area contributed by atoms with Gasteiger partial charge in [0.25, 0.3) is 0 Å². The predicted octanol–water partition coefficient (Wildman–Crippen LogP) is 2.50. The van der Waals surface area contributed by atoms with Crippen molar-refractivity contribution in [2.75, 3.05) is 24.7 Å². The van der Waals surface area contributed by atoms with Crippen LogP contribution in [-0.4, -0.2) is 42.1 Å². The summed E-state index contributed by atoms with van der Waals surface area (Å²) in [4.78, 5) is 15.8. The van der Waals surface area contributed by atoms with Crippen LogP contribution in [0.15, 0.2) is 12.3 Å². The summed E-state index contributed by atoms with van der Waals surface area (Å²) in [5.41, 5.74) is -0.293. The Morgan fingerprint density at radius 3 is 3.05 bits per heavy atom. The monoisotopic (exact) mass is 307 g/mol. The van der Waals surface area contributed by atoms with Gasteiger partial charge >= 0.3 is 5.69 Å². The smallest absolute Gasteiger partial charge is 0.313 e. The van der Waals surface area contributed by atoms with Crippen molar-refractivity contribution in [3.8, 4) is 0 Å². The Morgan fingerprint density at radius 2 is 2.40 bits per heavy atom. The summed E-state index contributed by atoms with van der Waals surface area (Å²) in [6.07, 6.45) is -1.68. The van der Waals surface area contributed by atoms with Crippen molar-refractivity contribution in [1.29, 1.82) is 0 Å². The van der Waals surface area contributed by atoms with Crippen molar-refractivity contribution in [3.63, 3.8) is 0 Å². The Labute approximate surface area is 118 Å². The van der Waals surface area contributed by atoms with Crippen LogP contribution in [0.1, 0.15) is 6.42 Å². The first-order chi connectivity index (χ1) is 9.49. The van der Waals surface area contributed by atoms with Gasteiger partial charge in [-0.05, 0) is 0 Å². The lowest BCUT2D eigenvalue weighted by Crippen LogP contribution is -2.47. The maximum absolute atomic E-state index is 12.6. The van der Waals surface area contributed by atoms with Crippen LogP contribution >= 0.6 is 11.6 Å². The average Bonchev–Trinajstić information content (AvgIpc) is 2.39. The van der Waals surface area contributed by atoms with E-state index in [1.807, 2.05) is 0 Å². The van der Waals surface area contributed by atoms with Crippen molar-refractivity contribution in [2.45, 2.75) is 18.9 Å². The van der Waals surface area contributed by atoms with Crippen molar-refractivity contribution in [2.24, 2.45) is 0 Å². The molecular weight excluding hydrogens is 296 g/mol. The number of rotatable bonds is 4. The second-order valence-corrected chi connectivity index (χ2v) is 4.74. The van der Waals surface area contributed by atoms with E-state index >= 15 is 0 Å². The molecule has 0 N–H and O–H groups in total. The fourth-order valence-corrected chi connectivity index (χ4v) is 2.26. The van der Waals surface area contributed by atoms with Crippen molar-refractivity contribution in [1.82, 2.24) is 4.98 Å². The Morgan fingerprint density at radius 1 is 1.65 bits per heavy atom. The molecule has 1 aromatic rings. The molecule has 1 unspecified atom stereocenters. The number of nitrogens with zero attached hydrogens (tertiary/aromatic N) is 3. The van der Waals surface area contributed by atoms with Crippen LogP contribution in [0.3, 0.4) is 0 Å². The number of ether oxygens (including phenoxy) is 1. The van der Waals surface area contributed by atoms with Gasteiger partial charge in [0, 0.05) is 25.2 Å². The van der Waals surface area contributed by atoms with Crippen LogP contribution in [0, 0.1) is 10.1 Å². The molecule has 1 atom stereocenters. The predicted molar refractivity (Wildman–Crippen MR) is 68.5 cm³/mol. The highest BCUT2D eigenvalue weighted by Gasteiger charge is 2.31. The number of nitro groups is 1. The zero-order chi connectivity index (χ0) is 14.7. The Hall–Kier alpha value is -1.54. The fraction of sp³-hybridized carbons (Fsp3) is 0.545. The van der Waals surface area contributed by atoms with Gasteiger partial charge in [0.1, 0.15) is 0 Å².